The third kappa shape index (κ3) is 4.13. The number of nitrogens with zero attached hydrogens (tertiary/aromatic N) is 3. The van der Waals surface area contributed by atoms with Crippen molar-refractivity contribution in [1.82, 2.24) is 15.2 Å². The van der Waals surface area contributed by atoms with Crippen LogP contribution in [0.4, 0.5) is 17.5 Å². The number of esters is 1. The molecule has 21 heavy (non-hydrogen) atoms. The third-order valence-corrected chi connectivity index (χ3v) is 2.56. The molecule has 1 aromatic heterocycles. The minimum atomic E-state index is -0.367. The molecule has 0 aliphatic rings. The zero-order valence-electron chi connectivity index (χ0n) is 12.1. The number of nitrogens with one attached hydrogen (secondary N) is 2. The van der Waals surface area contributed by atoms with Crippen molar-refractivity contribution in [3.63, 3.8) is 0 Å². The lowest BCUT2D eigenvalue weighted by Gasteiger charge is -2.09. The molecule has 110 valence electrons. The number of anilines is 3. The second kappa shape index (κ2) is 6.65. The summed E-state index contributed by atoms with van der Waals surface area (Å²) in [6.07, 6.45) is 1.53. The molecule has 0 atom stereocenters. The summed E-state index contributed by atoms with van der Waals surface area (Å²) in [5.41, 5.74) is 1.28. The van der Waals surface area contributed by atoms with E-state index in [1.54, 1.807) is 24.3 Å². The molecule has 7 nitrogen and oxygen atoms in total. The van der Waals surface area contributed by atoms with Gasteiger partial charge in [0.1, 0.15) is 0 Å². The van der Waals surface area contributed by atoms with Gasteiger partial charge in [0.15, 0.2) is 5.82 Å². The number of carbonyl (C=O) groups excluding carboxylic acids is 1. The Kier molecular flexibility index (Phi) is 4.65. The van der Waals surface area contributed by atoms with Gasteiger partial charge >= 0.3 is 5.97 Å². The van der Waals surface area contributed by atoms with E-state index in [0.717, 1.165) is 5.69 Å². The SMILES string of the molecule is COC(=O)c1ccc(Nc2cnnc(NC(C)C)n2)cc1. The number of carbonyl (C=O) groups is 1. The predicted octanol–water partition coefficient (Wildman–Crippen LogP) is 2.22. The van der Waals surface area contributed by atoms with Crippen LogP contribution >= 0.6 is 0 Å². The first-order valence-corrected chi connectivity index (χ1v) is 6.50. The number of hydrogen-bond acceptors (Lipinski definition) is 7. The quantitative estimate of drug-likeness (QED) is 0.815. The number of rotatable bonds is 5. The molecule has 2 rings (SSSR count). The molecular weight excluding hydrogens is 270 g/mol. The molecule has 0 bridgehead atoms. The Morgan fingerprint density at radius 2 is 1.95 bits per heavy atom. The third-order valence-electron chi connectivity index (χ3n) is 2.56. The van der Waals surface area contributed by atoms with Gasteiger partial charge in [-0.05, 0) is 38.1 Å². The van der Waals surface area contributed by atoms with Crippen molar-refractivity contribution in [3.05, 3.63) is 36.0 Å². The van der Waals surface area contributed by atoms with Crippen molar-refractivity contribution < 1.29 is 9.53 Å². The molecule has 0 aliphatic carbocycles. The van der Waals surface area contributed by atoms with Gasteiger partial charge in [0, 0.05) is 11.7 Å². The van der Waals surface area contributed by atoms with Crippen molar-refractivity contribution in [3.8, 4) is 0 Å². The Balaban J connectivity index is 2.09. The zero-order valence-corrected chi connectivity index (χ0v) is 12.1. The maximum absolute atomic E-state index is 11.3. The summed E-state index contributed by atoms with van der Waals surface area (Å²) in [5.74, 6) is 0.661. The number of methoxy groups -OCH3 is 1. The van der Waals surface area contributed by atoms with Gasteiger partial charge < -0.3 is 15.4 Å². The molecular formula is C14H17N5O2. The Labute approximate surface area is 122 Å². The highest BCUT2D eigenvalue weighted by atomic mass is 16.5. The van der Waals surface area contributed by atoms with Gasteiger partial charge in [-0.3, -0.25) is 0 Å². The molecule has 7 heteroatoms. The van der Waals surface area contributed by atoms with Gasteiger partial charge in [-0.25, -0.2) is 4.79 Å². The summed E-state index contributed by atoms with van der Waals surface area (Å²) >= 11 is 0. The first kappa shape index (κ1) is 14.7. The number of ether oxygens (including phenoxy) is 1. The van der Waals surface area contributed by atoms with Gasteiger partial charge in [0.05, 0.1) is 18.9 Å². The van der Waals surface area contributed by atoms with Gasteiger partial charge in [0.25, 0.3) is 0 Å². The monoisotopic (exact) mass is 287 g/mol. The van der Waals surface area contributed by atoms with Crippen molar-refractivity contribution in [2.45, 2.75) is 19.9 Å². The van der Waals surface area contributed by atoms with E-state index in [0.29, 0.717) is 17.3 Å². The van der Waals surface area contributed by atoms with Crippen LogP contribution in [0.15, 0.2) is 30.5 Å². The first-order valence-electron chi connectivity index (χ1n) is 6.50. The van der Waals surface area contributed by atoms with Crippen LogP contribution in [0.5, 0.6) is 0 Å². The van der Waals surface area contributed by atoms with Crippen LogP contribution in [-0.2, 0) is 4.74 Å². The molecule has 1 heterocycles. The number of aromatic nitrogens is 3. The second-order valence-corrected chi connectivity index (χ2v) is 4.66. The smallest absolute Gasteiger partial charge is 0.337 e. The molecule has 0 saturated heterocycles. The van der Waals surface area contributed by atoms with Crippen molar-refractivity contribution in [1.29, 1.82) is 0 Å². The van der Waals surface area contributed by atoms with Crippen LogP contribution in [0.2, 0.25) is 0 Å². The summed E-state index contributed by atoms with van der Waals surface area (Å²) < 4.78 is 4.65. The van der Waals surface area contributed by atoms with Gasteiger partial charge in [-0.2, -0.15) is 10.1 Å². The highest BCUT2D eigenvalue weighted by Crippen LogP contribution is 2.15. The fourth-order valence-electron chi connectivity index (χ4n) is 1.64. The minimum Gasteiger partial charge on any atom is -0.465 e. The fraction of sp³-hybridized carbons (Fsp3) is 0.286. The summed E-state index contributed by atoms with van der Waals surface area (Å²) in [7, 11) is 1.35. The van der Waals surface area contributed by atoms with Crippen molar-refractivity contribution in [2.24, 2.45) is 0 Å². The lowest BCUT2D eigenvalue weighted by molar-refractivity contribution is 0.0601. The molecule has 0 unspecified atom stereocenters. The summed E-state index contributed by atoms with van der Waals surface area (Å²) in [4.78, 5) is 15.6. The second-order valence-electron chi connectivity index (χ2n) is 4.66. The molecule has 0 spiro atoms. The van der Waals surface area contributed by atoms with Gasteiger partial charge in [-0.1, -0.05) is 0 Å². The topological polar surface area (TPSA) is 89.0 Å². The van der Waals surface area contributed by atoms with E-state index in [4.69, 9.17) is 0 Å². The summed E-state index contributed by atoms with van der Waals surface area (Å²) in [5, 5.41) is 14.0. The van der Waals surface area contributed by atoms with E-state index in [9.17, 15) is 4.79 Å². The van der Waals surface area contributed by atoms with E-state index >= 15 is 0 Å². The van der Waals surface area contributed by atoms with Crippen LogP contribution in [0.1, 0.15) is 24.2 Å². The lowest BCUT2D eigenvalue weighted by atomic mass is 10.2. The minimum absolute atomic E-state index is 0.224. The van der Waals surface area contributed by atoms with Crippen LogP contribution in [0.3, 0.4) is 0 Å². The maximum Gasteiger partial charge on any atom is 0.337 e. The molecule has 0 radical (unpaired) electrons. The Hall–Kier alpha value is -2.70. The molecule has 2 aromatic rings. The predicted molar refractivity (Wildman–Crippen MR) is 79.6 cm³/mol. The van der Waals surface area contributed by atoms with Crippen LogP contribution in [0, 0.1) is 0 Å². The highest BCUT2D eigenvalue weighted by Gasteiger charge is 2.06. The Bertz CT molecular complexity index is 613. The standard InChI is InChI=1S/C14H17N5O2/c1-9(2)16-14-18-12(8-15-19-14)17-11-6-4-10(5-7-11)13(20)21-3/h4-9H,1-3H3,(H2,16,17,18,19). The largest absolute Gasteiger partial charge is 0.465 e. The van der Waals surface area contributed by atoms with E-state index in [1.807, 2.05) is 13.8 Å². The number of hydrogen-bond donors (Lipinski definition) is 2. The Morgan fingerprint density at radius 1 is 1.24 bits per heavy atom. The Morgan fingerprint density at radius 3 is 2.57 bits per heavy atom. The van der Waals surface area contributed by atoms with Crippen LogP contribution in [-0.4, -0.2) is 34.3 Å². The summed E-state index contributed by atoms with van der Waals surface area (Å²) in [6, 6.07) is 7.11. The summed E-state index contributed by atoms with van der Waals surface area (Å²) in [6.45, 7) is 3.99. The zero-order chi connectivity index (χ0) is 15.2. The fourth-order valence-corrected chi connectivity index (χ4v) is 1.64. The van der Waals surface area contributed by atoms with Crippen LogP contribution in [0.25, 0.3) is 0 Å². The van der Waals surface area contributed by atoms with E-state index in [1.165, 1.54) is 13.3 Å². The molecule has 0 aliphatic heterocycles. The van der Waals surface area contributed by atoms with E-state index in [2.05, 4.69) is 30.6 Å². The number of benzene rings is 1. The molecule has 0 fully saturated rings. The van der Waals surface area contributed by atoms with E-state index < -0.39 is 0 Å². The van der Waals surface area contributed by atoms with Crippen molar-refractivity contribution in [2.75, 3.05) is 17.7 Å². The lowest BCUT2D eigenvalue weighted by Crippen LogP contribution is -2.13. The van der Waals surface area contributed by atoms with Crippen LogP contribution < -0.4 is 10.6 Å². The average Bonchev–Trinajstić information content (AvgIpc) is 2.47. The molecule has 1 aromatic carbocycles. The molecule has 0 saturated carbocycles. The van der Waals surface area contributed by atoms with Crippen molar-refractivity contribution >= 4 is 23.4 Å². The molecule has 0 amide bonds. The average molecular weight is 287 g/mol. The van der Waals surface area contributed by atoms with Gasteiger partial charge in [-0.15, -0.1) is 5.10 Å². The highest BCUT2D eigenvalue weighted by molar-refractivity contribution is 5.89. The normalized spacial score (nSPS) is 10.3. The first-order chi connectivity index (χ1) is 10.1. The van der Waals surface area contributed by atoms with Gasteiger partial charge in [0.2, 0.25) is 5.95 Å². The molecule has 2 N–H and O–H groups in total. The maximum atomic E-state index is 11.3. The van der Waals surface area contributed by atoms with E-state index in [-0.39, 0.29) is 12.0 Å².